The van der Waals surface area contributed by atoms with Crippen molar-refractivity contribution >= 4 is 22.7 Å². The molecule has 27 heavy (non-hydrogen) atoms. The Hall–Kier alpha value is -2.32. The zero-order valence-corrected chi connectivity index (χ0v) is 15.1. The number of alkyl halides is 3. The zero-order chi connectivity index (χ0) is 19.4. The van der Waals surface area contributed by atoms with Crippen LogP contribution in [0, 0.1) is 0 Å². The molecule has 0 atom stereocenters. The largest absolute Gasteiger partial charge is 0.416 e. The molecule has 8 heteroatoms. The Labute approximate surface area is 157 Å². The third-order valence-electron chi connectivity index (χ3n) is 4.05. The van der Waals surface area contributed by atoms with Gasteiger partial charge in [-0.25, -0.2) is 4.98 Å². The molecular weight excluding hydrogens is 377 g/mol. The molecule has 0 radical (unpaired) electrons. The smallest absolute Gasteiger partial charge is 0.396 e. The van der Waals surface area contributed by atoms with E-state index in [1.54, 1.807) is 30.3 Å². The van der Waals surface area contributed by atoms with E-state index in [0.29, 0.717) is 22.5 Å². The van der Waals surface area contributed by atoms with Crippen LogP contribution in [-0.2, 0) is 18.5 Å². The molecule has 0 spiro atoms. The molecule has 0 saturated carbocycles. The van der Waals surface area contributed by atoms with Gasteiger partial charge in [0.1, 0.15) is 0 Å². The summed E-state index contributed by atoms with van der Waals surface area (Å²) in [5, 5.41) is 9.87. The van der Waals surface area contributed by atoms with Crippen LogP contribution in [0.2, 0.25) is 0 Å². The van der Waals surface area contributed by atoms with E-state index < -0.39 is 11.7 Å². The first kappa shape index (κ1) is 19.4. The fourth-order valence-electron chi connectivity index (χ4n) is 2.75. The lowest BCUT2D eigenvalue weighted by molar-refractivity contribution is -0.138. The van der Waals surface area contributed by atoms with Crippen LogP contribution in [0.3, 0.4) is 0 Å². The van der Waals surface area contributed by atoms with Crippen molar-refractivity contribution in [2.75, 3.05) is 6.61 Å². The van der Waals surface area contributed by atoms with Crippen molar-refractivity contribution in [1.82, 2.24) is 9.55 Å². The van der Waals surface area contributed by atoms with Gasteiger partial charge in [0.05, 0.1) is 16.5 Å². The molecule has 3 rings (SSSR count). The van der Waals surface area contributed by atoms with Gasteiger partial charge in [0.2, 0.25) is 0 Å². The molecule has 0 bridgehead atoms. The first-order valence-electron chi connectivity index (χ1n) is 8.30. The van der Waals surface area contributed by atoms with Gasteiger partial charge >= 0.3 is 6.18 Å². The highest BCUT2D eigenvalue weighted by Crippen LogP contribution is 2.34. The van der Waals surface area contributed by atoms with Crippen LogP contribution >= 0.6 is 11.8 Å². The Morgan fingerprint density at radius 1 is 1.07 bits per heavy atom. The minimum atomic E-state index is -4.44. The highest BCUT2D eigenvalue weighted by Gasteiger charge is 2.32. The van der Waals surface area contributed by atoms with E-state index in [-0.39, 0.29) is 30.0 Å². The van der Waals surface area contributed by atoms with Gasteiger partial charge in [-0.3, -0.25) is 9.36 Å². The van der Waals surface area contributed by atoms with Gasteiger partial charge in [-0.05, 0) is 30.2 Å². The summed E-state index contributed by atoms with van der Waals surface area (Å²) in [7, 11) is 0. The number of fused-ring (bicyclic) bond motifs is 1. The SMILES string of the molecule is O=c1c2ccccc2nc(SCc2ccccc2C(F)(F)F)n1CCCO. The summed E-state index contributed by atoms with van der Waals surface area (Å²) in [6.07, 6.45) is -4.09. The van der Waals surface area contributed by atoms with E-state index in [1.165, 1.54) is 16.7 Å². The number of para-hydroxylation sites is 1. The topological polar surface area (TPSA) is 55.1 Å². The molecule has 0 aliphatic heterocycles. The summed E-state index contributed by atoms with van der Waals surface area (Å²) in [6.45, 7) is 0.150. The number of aromatic nitrogens is 2. The maximum Gasteiger partial charge on any atom is 0.416 e. The predicted octanol–water partition coefficient (Wildman–Crippen LogP) is 4.09. The van der Waals surface area contributed by atoms with Crippen molar-refractivity contribution < 1.29 is 18.3 Å². The van der Waals surface area contributed by atoms with Crippen LogP contribution in [0.4, 0.5) is 13.2 Å². The third-order valence-corrected chi connectivity index (χ3v) is 5.07. The van der Waals surface area contributed by atoms with E-state index in [9.17, 15) is 18.0 Å². The van der Waals surface area contributed by atoms with Crippen molar-refractivity contribution in [3.63, 3.8) is 0 Å². The van der Waals surface area contributed by atoms with Gasteiger partial charge in [-0.1, -0.05) is 42.1 Å². The maximum absolute atomic E-state index is 13.2. The van der Waals surface area contributed by atoms with E-state index in [4.69, 9.17) is 5.11 Å². The Kier molecular flexibility index (Phi) is 5.86. The molecule has 1 heterocycles. The normalized spacial score (nSPS) is 11.9. The van der Waals surface area contributed by atoms with Crippen molar-refractivity contribution in [3.05, 3.63) is 70.0 Å². The predicted molar refractivity (Wildman–Crippen MR) is 98.7 cm³/mol. The van der Waals surface area contributed by atoms with E-state index in [1.807, 2.05) is 0 Å². The molecule has 0 saturated heterocycles. The van der Waals surface area contributed by atoms with Crippen molar-refractivity contribution in [2.24, 2.45) is 0 Å². The number of thioether (sulfide) groups is 1. The number of rotatable bonds is 6. The quantitative estimate of drug-likeness (QED) is 0.505. The van der Waals surface area contributed by atoms with Crippen LogP contribution in [0.15, 0.2) is 58.5 Å². The fourth-order valence-corrected chi connectivity index (χ4v) is 3.78. The van der Waals surface area contributed by atoms with Gasteiger partial charge < -0.3 is 5.11 Å². The number of benzene rings is 2. The molecule has 142 valence electrons. The standard InChI is InChI=1S/C19H17F3N2O2S/c20-19(21,22)15-8-3-1-6-13(15)12-27-18-23-16-9-4-2-7-14(16)17(26)24(18)10-5-11-25/h1-4,6-9,25H,5,10-12H2. The molecule has 3 aromatic rings. The van der Waals surface area contributed by atoms with Gasteiger partial charge in [-0.15, -0.1) is 0 Å². The second-order valence-electron chi connectivity index (χ2n) is 5.89. The zero-order valence-electron chi connectivity index (χ0n) is 14.2. The summed E-state index contributed by atoms with van der Waals surface area (Å²) in [5.74, 6) is 0.0274. The lowest BCUT2D eigenvalue weighted by Gasteiger charge is -2.15. The van der Waals surface area contributed by atoms with Crippen LogP contribution < -0.4 is 5.56 Å². The minimum absolute atomic E-state index is 0.0274. The number of halogens is 3. The summed E-state index contributed by atoms with van der Waals surface area (Å²) in [6, 6.07) is 12.2. The molecular formula is C19H17F3N2O2S. The van der Waals surface area contributed by atoms with Crippen LogP contribution in [0.25, 0.3) is 10.9 Å². The second-order valence-corrected chi connectivity index (χ2v) is 6.83. The average Bonchev–Trinajstić information content (AvgIpc) is 2.65. The molecule has 0 fully saturated rings. The minimum Gasteiger partial charge on any atom is -0.396 e. The summed E-state index contributed by atoms with van der Waals surface area (Å²) in [4.78, 5) is 17.2. The first-order valence-corrected chi connectivity index (χ1v) is 9.28. The average molecular weight is 394 g/mol. The lowest BCUT2D eigenvalue weighted by Crippen LogP contribution is -2.24. The highest BCUT2D eigenvalue weighted by molar-refractivity contribution is 7.98. The highest BCUT2D eigenvalue weighted by atomic mass is 32.2. The van der Waals surface area contributed by atoms with E-state index in [2.05, 4.69) is 4.98 Å². The molecule has 2 aromatic carbocycles. The monoisotopic (exact) mass is 394 g/mol. The molecule has 0 aliphatic carbocycles. The number of nitrogens with zero attached hydrogens (tertiary/aromatic N) is 2. The molecule has 1 N–H and O–H groups in total. The second kappa shape index (κ2) is 8.14. The van der Waals surface area contributed by atoms with Gasteiger partial charge in [-0.2, -0.15) is 13.2 Å². The van der Waals surface area contributed by atoms with Crippen molar-refractivity contribution in [3.8, 4) is 0 Å². The van der Waals surface area contributed by atoms with Crippen LogP contribution in [0.1, 0.15) is 17.5 Å². The van der Waals surface area contributed by atoms with E-state index >= 15 is 0 Å². The molecule has 0 amide bonds. The Balaban J connectivity index is 1.99. The molecule has 4 nitrogen and oxygen atoms in total. The van der Waals surface area contributed by atoms with Crippen LogP contribution in [-0.4, -0.2) is 21.3 Å². The Bertz CT molecular complexity index is 1000. The Morgan fingerprint density at radius 2 is 1.78 bits per heavy atom. The number of aliphatic hydroxyl groups excluding tert-OH is 1. The summed E-state index contributed by atoms with van der Waals surface area (Å²) in [5.41, 5.74) is -0.330. The molecule has 0 unspecified atom stereocenters. The summed E-state index contributed by atoms with van der Waals surface area (Å²) < 4.78 is 41.0. The van der Waals surface area contributed by atoms with Crippen molar-refractivity contribution in [1.29, 1.82) is 0 Å². The number of hydrogen-bond acceptors (Lipinski definition) is 4. The number of aliphatic hydroxyl groups is 1. The third kappa shape index (κ3) is 4.33. The first-order chi connectivity index (χ1) is 12.9. The summed E-state index contributed by atoms with van der Waals surface area (Å²) >= 11 is 1.08. The molecule has 1 aromatic heterocycles. The Morgan fingerprint density at radius 3 is 2.52 bits per heavy atom. The van der Waals surface area contributed by atoms with Gasteiger partial charge in [0.15, 0.2) is 5.16 Å². The van der Waals surface area contributed by atoms with Gasteiger partial charge in [0.25, 0.3) is 5.56 Å². The van der Waals surface area contributed by atoms with E-state index in [0.717, 1.165) is 17.8 Å². The lowest BCUT2D eigenvalue weighted by atomic mass is 10.1. The molecule has 0 aliphatic rings. The van der Waals surface area contributed by atoms with Crippen LogP contribution in [0.5, 0.6) is 0 Å². The van der Waals surface area contributed by atoms with Gasteiger partial charge in [0, 0.05) is 18.9 Å². The maximum atomic E-state index is 13.2. The number of hydrogen-bond donors (Lipinski definition) is 1. The van der Waals surface area contributed by atoms with Crippen molar-refractivity contribution in [2.45, 2.75) is 30.1 Å². The fraction of sp³-hybridized carbons (Fsp3) is 0.263.